The third kappa shape index (κ3) is 2.08. The lowest BCUT2D eigenvalue weighted by atomic mass is 10.2. The lowest BCUT2D eigenvalue weighted by Crippen LogP contribution is -2.13. The number of fused-ring (bicyclic) bond motifs is 1. The minimum atomic E-state index is 0.788. The maximum atomic E-state index is 10.7. The minimum absolute atomic E-state index is 0.788. The molecule has 1 aromatic heterocycles. The number of aromatic nitrogens is 2. The number of para-hydroxylation sites is 2. The van der Waals surface area contributed by atoms with Gasteiger partial charge in [0.1, 0.15) is 5.82 Å². The quantitative estimate of drug-likeness (QED) is 0.728. The molecule has 0 aliphatic rings. The first kappa shape index (κ1) is 11.5. The molecule has 1 N–H and O–H groups in total. The number of amides is 1. The van der Waals surface area contributed by atoms with E-state index in [0.717, 1.165) is 34.5 Å². The number of carbonyl (C=O) groups excluding carboxylic acids is 1. The first-order valence-electron chi connectivity index (χ1n) is 6.01. The molecule has 3 aromatic rings. The van der Waals surface area contributed by atoms with Crippen molar-refractivity contribution < 1.29 is 4.79 Å². The maximum Gasteiger partial charge on any atom is 0.213 e. The van der Waals surface area contributed by atoms with Crippen LogP contribution in [0.5, 0.6) is 0 Å². The van der Waals surface area contributed by atoms with E-state index in [2.05, 4.69) is 9.97 Å². The van der Waals surface area contributed by atoms with Crippen molar-refractivity contribution in [2.24, 2.45) is 0 Å². The average molecular weight is 251 g/mol. The fourth-order valence-corrected chi connectivity index (χ4v) is 2.00. The van der Waals surface area contributed by atoms with E-state index in [-0.39, 0.29) is 0 Å². The Morgan fingerprint density at radius 1 is 1.11 bits per heavy atom. The Bertz CT molecular complexity index is 683. The molecule has 0 radical (unpaired) electrons. The maximum absolute atomic E-state index is 10.7. The Kier molecular flexibility index (Phi) is 2.76. The zero-order valence-electron chi connectivity index (χ0n) is 10.5. The van der Waals surface area contributed by atoms with Gasteiger partial charge in [0.05, 0.1) is 11.0 Å². The number of nitrogens with zero attached hydrogens (tertiary/aromatic N) is 2. The van der Waals surface area contributed by atoms with E-state index in [4.69, 9.17) is 0 Å². The van der Waals surface area contributed by atoms with E-state index in [0.29, 0.717) is 0 Å². The summed E-state index contributed by atoms with van der Waals surface area (Å²) in [5, 5.41) is 0. The molecule has 3 rings (SSSR count). The molecule has 1 amide bonds. The van der Waals surface area contributed by atoms with E-state index in [9.17, 15) is 4.79 Å². The molecule has 0 spiro atoms. The van der Waals surface area contributed by atoms with Gasteiger partial charge < -0.3 is 9.88 Å². The van der Waals surface area contributed by atoms with Crippen molar-refractivity contribution >= 4 is 23.1 Å². The molecule has 0 atom stereocenters. The number of benzene rings is 2. The summed E-state index contributed by atoms with van der Waals surface area (Å²) in [7, 11) is 1.73. The van der Waals surface area contributed by atoms with Crippen LogP contribution in [-0.4, -0.2) is 23.4 Å². The Labute approximate surface area is 110 Å². The second kappa shape index (κ2) is 4.57. The predicted octanol–water partition coefficient (Wildman–Crippen LogP) is 2.82. The highest BCUT2D eigenvalue weighted by molar-refractivity contribution is 5.80. The van der Waals surface area contributed by atoms with Crippen molar-refractivity contribution in [1.29, 1.82) is 0 Å². The van der Waals surface area contributed by atoms with Gasteiger partial charge in [-0.25, -0.2) is 4.98 Å². The average Bonchev–Trinajstić information content (AvgIpc) is 2.90. The molecular weight excluding hydrogens is 238 g/mol. The van der Waals surface area contributed by atoms with Gasteiger partial charge in [0, 0.05) is 18.3 Å². The van der Waals surface area contributed by atoms with Crippen LogP contribution in [0, 0.1) is 0 Å². The second-order valence-corrected chi connectivity index (χ2v) is 4.37. The van der Waals surface area contributed by atoms with Crippen LogP contribution >= 0.6 is 0 Å². The first-order chi connectivity index (χ1) is 9.28. The lowest BCUT2D eigenvalue weighted by molar-refractivity contribution is -0.107. The fraction of sp³-hybridized carbons (Fsp3) is 0.0667. The van der Waals surface area contributed by atoms with Crippen molar-refractivity contribution in [1.82, 2.24) is 9.97 Å². The van der Waals surface area contributed by atoms with Crippen LogP contribution < -0.4 is 4.90 Å². The summed E-state index contributed by atoms with van der Waals surface area (Å²) in [4.78, 5) is 20.0. The summed E-state index contributed by atoms with van der Waals surface area (Å²) < 4.78 is 0. The fourth-order valence-electron chi connectivity index (χ4n) is 2.00. The van der Waals surface area contributed by atoms with Gasteiger partial charge in [0.2, 0.25) is 6.41 Å². The van der Waals surface area contributed by atoms with Crippen LogP contribution in [0.25, 0.3) is 22.4 Å². The summed E-state index contributed by atoms with van der Waals surface area (Å²) >= 11 is 0. The summed E-state index contributed by atoms with van der Waals surface area (Å²) in [6.07, 6.45) is 0.788. The zero-order valence-corrected chi connectivity index (χ0v) is 10.5. The summed E-state index contributed by atoms with van der Waals surface area (Å²) in [6, 6.07) is 15.6. The summed E-state index contributed by atoms with van der Waals surface area (Å²) in [5.41, 5.74) is 3.83. The second-order valence-electron chi connectivity index (χ2n) is 4.37. The molecule has 0 bridgehead atoms. The number of aromatic amines is 1. The molecule has 0 unspecified atom stereocenters. The monoisotopic (exact) mass is 251 g/mol. The molecular formula is C15H13N3O. The van der Waals surface area contributed by atoms with Crippen molar-refractivity contribution in [3.05, 3.63) is 48.5 Å². The predicted molar refractivity (Wildman–Crippen MR) is 76.0 cm³/mol. The van der Waals surface area contributed by atoms with Crippen molar-refractivity contribution in [2.75, 3.05) is 11.9 Å². The Balaban J connectivity index is 1.99. The summed E-state index contributed by atoms with van der Waals surface area (Å²) in [6.45, 7) is 0. The lowest BCUT2D eigenvalue weighted by Gasteiger charge is -2.10. The van der Waals surface area contributed by atoms with Crippen LogP contribution in [0.15, 0.2) is 48.5 Å². The highest BCUT2D eigenvalue weighted by Gasteiger charge is 2.05. The van der Waals surface area contributed by atoms with Crippen LogP contribution in [0.3, 0.4) is 0 Å². The molecule has 0 saturated heterocycles. The number of carbonyl (C=O) groups is 1. The molecule has 0 fully saturated rings. The van der Waals surface area contributed by atoms with E-state index in [1.54, 1.807) is 7.05 Å². The number of hydrogen-bond acceptors (Lipinski definition) is 2. The highest BCUT2D eigenvalue weighted by Crippen LogP contribution is 2.22. The number of imidazole rings is 1. The van der Waals surface area contributed by atoms with E-state index in [1.165, 1.54) is 4.90 Å². The SMILES string of the molecule is CN(C=O)c1ccc(-c2nc3ccccc3[nH]2)cc1. The zero-order chi connectivity index (χ0) is 13.2. The smallest absolute Gasteiger partial charge is 0.213 e. The number of rotatable bonds is 3. The van der Waals surface area contributed by atoms with E-state index < -0.39 is 0 Å². The molecule has 19 heavy (non-hydrogen) atoms. The van der Waals surface area contributed by atoms with Crippen LogP contribution in [0.2, 0.25) is 0 Å². The number of hydrogen-bond donors (Lipinski definition) is 1. The number of anilines is 1. The van der Waals surface area contributed by atoms with Crippen LogP contribution in [0.4, 0.5) is 5.69 Å². The third-order valence-electron chi connectivity index (χ3n) is 3.10. The van der Waals surface area contributed by atoms with Gasteiger partial charge in [-0.3, -0.25) is 4.79 Å². The first-order valence-corrected chi connectivity index (χ1v) is 6.01. The van der Waals surface area contributed by atoms with Gasteiger partial charge in [-0.05, 0) is 36.4 Å². The van der Waals surface area contributed by atoms with Gasteiger partial charge in [0.25, 0.3) is 0 Å². The Hall–Kier alpha value is -2.62. The molecule has 1 heterocycles. The summed E-state index contributed by atoms with van der Waals surface area (Å²) in [5.74, 6) is 0.835. The van der Waals surface area contributed by atoms with Gasteiger partial charge in [-0.1, -0.05) is 12.1 Å². The normalized spacial score (nSPS) is 10.6. The van der Waals surface area contributed by atoms with Gasteiger partial charge in [-0.2, -0.15) is 0 Å². The van der Waals surface area contributed by atoms with Crippen molar-refractivity contribution in [3.63, 3.8) is 0 Å². The minimum Gasteiger partial charge on any atom is -0.338 e. The standard InChI is InChI=1S/C15H13N3O/c1-18(10-19)12-8-6-11(7-9-12)15-16-13-4-2-3-5-14(13)17-15/h2-10H,1H3,(H,16,17). The largest absolute Gasteiger partial charge is 0.338 e. The Morgan fingerprint density at radius 3 is 2.53 bits per heavy atom. The number of nitrogens with one attached hydrogen (secondary N) is 1. The van der Waals surface area contributed by atoms with Gasteiger partial charge >= 0.3 is 0 Å². The molecule has 0 aliphatic heterocycles. The van der Waals surface area contributed by atoms with Gasteiger partial charge in [0.15, 0.2) is 0 Å². The molecule has 94 valence electrons. The topological polar surface area (TPSA) is 49.0 Å². The van der Waals surface area contributed by atoms with Crippen molar-refractivity contribution in [2.45, 2.75) is 0 Å². The molecule has 0 aliphatic carbocycles. The van der Waals surface area contributed by atoms with Gasteiger partial charge in [-0.15, -0.1) is 0 Å². The highest BCUT2D eigenvalue weighted by atomic mass is 16.1. The number of H-pyrrole nitrogens is 1. The van der Waals surface area contributed by atoms with Crippen LogP contribution in [-0.2, 0) is 4.79 Å². The van der Waals surface area contributed by atoms with Crippen molar-refractivity contribution in [3.8, 4) is 11.4 Å². The third-order valence-corrected chi connectivity index (χ3v) is 3.10. The molecule has 4 nitrogen and oxygen atoms in total. The van der Waals surface area contributed by atoms with E-state index >= 15 is 0 Å². The molecule has 2 aromatic carbocycles. The van der Waals surface area contributed by atoms with Crippen LogP contribution in [0.1, 0.15) is 0 Å². The van der Waals surface area contributed by atoms with E-state index in [1.807, 2.05) is 48.5 Å². The molecule has 4 heteroatoms. The Morgan fingerprint density at radius 2 is 1.84 bits per heavy atom. The molecule has 0 saturated carbocycles.